The highest BCUT2D eigenvalue weighted by Gasteiger charge is 2.69. The molecule has 0 spiro atoms. The lowest BCUT2D eigenvalue weighted by Gasteiger charge is -2.69. The zero-order chi connectivity index (χ0) is 29.0. The number of anilines is 4. The minimum atomic E-state index is -0.476. The van der Waals surface area contributed by atoms with E-state index in [-0.39, 0.29) is 47.5 Å². The van der Waals surface area contributed by atoms with Crippen molar-refractivity contribution in [2.75, 3.05) is 48.8 Å². The predicted molar refractivity (Wildman–Crippen MR) is 163 cm³/mol. The van der Waals surface area contributed by atoms with Crippen LogP contribution < -0.4 is 20.9 Å². The van der Waals surface area contributed by atoms with Gasteiger partial charge in [0.1, 0.15) is 0 Å². The molecule has 2 saturated carbocycles. The summed E-state index contributed by atoms with van der Waals surface area (Å²) < 4.78 is 14.9. The van der Waals surface area contributed by atoms with Crippen LogP contribution in [-0.2, 0) is 4.79 Å². The van der Waals surface area contributed by atoms with Crippen LogP contribution in [0.5, 0.6) is 0 Å². The molecule has 3 unspecified atom stereocenters. The number of hydrogen-bond acceptors (Lipinski definition) is 7. The summed E-state index contributed by atoms with van der Waals surface area (Å²) in [5, 5.41) is 9.84. The van der Waals surface area contributed by atoms with Gasteiger partial charge in [0.05, 0.1) is 12.2 Å². The lowest BCUT2D eigenvalue weighted by molar-refractivity contribution is -0.167. The third-order valence-electron chi connectivity index (χ3n) is 9.85. The van der Waals surface area contributed by atoms with E-state index in [0.29, 0.717) is 11.9 Å². The quantitative estimate of drug-likeness (QED) is 0.339. The summed E-state index contributed by atoms with van der Waals surface area (Å²) in [5.74, 6) is 1.08. The van der Waals surface area contributed by atoms with E-state index < -0.39 is 5.82 Å². The van der Waals surface area contributed by atoms with Crippen molar-refractivity contribution in [3.63, 3.8) is 0 Å². The van der Waals surface area contributed by atoms with E-state index in [4.69, 9.17) is 0 Å². The third kappa shape index (κ3) is 4.69. The molecule has 1 aromatic heterocycles. The number of hydrogen-bond donors (Lipinski definition) is 3. The number of allylic oxidation sites excluding steroid dienone is 1. The second kappa shape index (κ2) is 10.7. The molecule has 7 atom stereocenters. The maximum absolute atomic E-state index is 14.9. The zero-order valence-corrected chi connectivity index (χ0v) is 24.3. The number of aryl methyl sites for hydroxylation is 1. The highest BCUT2D eigenvalue weighted by atomic mass is 19.1. The predicted octanol–water partition coefficient (Wildman–Crippen LogP) is 4.76. The van der Waals surface area contributed by atoms with Gasteiger partial charge in [-0.1, -0.05) is 42.5 Å². The molecule has 3 aromatic rings. The Morgan fingerprint density at radius 1 is 1.02 bits per heavy atom. The monoisotopic (exact) mass is 567 g/mol. The fourth-order valence-electron chi connectivity index (χ4n) is 7.55. The Morgan fingerprint density at radius 2 is 1.79 bits per heavy atom. The molecule has 5 aliphatic rings. The average molecular weight is 568 g/mol. The van der Waals surface area contributed by atoms with Crippen LogP contribution >= 0.6 is 0 Å². The largest absolute Gasteiger partial charge is 0.369 e. The van der Waals surface area contributed by atoms with Gasteiger partial charge >= 0.3 is 0 Å². The van der Waals surface area contributed by atoms with Crippen LogP contribution in [0.2, 0.25) is 0 Å². The van der Waals surface area contributed by atoms with Crippen LogP contribution in [0, 0.1) is 42.3 Å². The van der Waals surface area contributed by atoms with E-state index in [1.807, 2.05) is 43.3 Å². The summed E-state index contributed by atoms with van der Waals surface area (Å²) in [6.07, 6.45) is 5.60. The number of amides is 1. The third-order valence-corrected chi connectivity index (χ3v) is 9.85. The number of aromatic nitrogens is 2. The van der Waals surface area contributed by atoms with Crippen molar-refractivity contribution >= 4 is 29.0 Å². The standard InChI is InChI=1S/C33H38FN7O/c1-19-17-22(9-12-26(19)41-15-13-40(3)14-16-41)37-33-35-18-25(34)31(39-33)38-30-24-11-10-23-28(30)27(24)29(23)32(42)36-20(2)21-7-5-4-6-8-21/h4-12,17-18,20,23-24,27-30H,13-16H2,1-3H3,(H,36,42)(H2,35,37,38,39)/t20?,23-,24-,27+,28?,29?,30-/m0/s1. The number of rotatable bonds is 8. The van der Waals surface area contributed by atoms with Gasteiger partial charge in [0.2, 0.25) is 11.9 Å². The first kappa shape index (κ1) is 26.9. The SMILES string of the molecule is Cc1cc(Nc2ncc(F)c(N[C@@H]3C4[C@@H]5C=C[C@H]3[C@H]4C5C(=O)NC(C)c3ccccc3)n2)ccc1N1CCN(C)CC1. The van der Waals surface area contributed by atoms with E-state index in [0.717, 1.165) is 37.4 Å². The Morgan fingerprint density at radius 3 is 2.50 bits per heavy atom. The van der Waals surface area contributed by atoms with Crippen molar-refractivity contribution in [1.82, 2.24) is 20.2 Å². The fraction of sp³-hybridized carbons (Fsp3) is 0.424. The van der Waals surface area contributed by atoms with E-state index in [2.05, 4.69) is 74.0 Å². The molecule has 1 amide bonds. The Bertz CT molecular complexity index is 1510. The lowest BCUT2D eigenvalue weighted by atomic mass is 9.37. The number of likely N-dealkylation sites (N-methyl/N-ethyl adjacent to an activating group) is 1. The lowest BCUT2D eigenvalue weighted by Crippen LogP contribution is -2.73. The van der Waals surface area contributed by atoms with Gasteiger partial charge in [0, 0.05) is 55.4 Å². The van der Waals surface area contributed by atoms with Crippen molar-refractivity contribution < 1.29 is 9.18 Å². The number of nitrogens with one attached hydrogen (secondary N) is 3. The molecule has 8 rings (SSSR count). The molecule has 3 N–H and O–H groups in total. The van der Waals surface area contributed by atoms with Gasteiger partial charge in [-0.15, -0.1) is 0 Å². The molecule has 2 aromatic carbocycles. The first-order chi connectivity index (χ1) is 20.4. The van der Waals surface area contributed by atoms with Crippen LogP contribution in [0.3, 0.4) is 0 Å². The molecule has 42 heavy (non-hydrogen) atoms. The first-order valence-electron chi connectivity index (χ1n) is 15.0. The fourth-order valence-corrected chi connectivity index (χ4v) is 7.55. The molecular formula is C33H38FN7O. The number of halogens is 1. The zero-order valence-electron chi connectivity index (χ0n) is 24.3. The Labute approximate surface area is 246 Å². The molecule has 0 radical (unpaired) electrons. The van der Waals surface area contributed by atoms with Gasteiger partial charge in [-0.3, -0.25) is 4.79 Å². The smallest absolute Gasteiger partial charge is 0.229 e. The minimum Gasteiger partial charge on any atom is -0.369 e. The maximum Gasteiger partial charge on any atom is 0.229 e. The van der Waals surface area contributed by atoms with Gasteiger partial charge in [-0.2, -0.15) is 4.98 Å². The van der Waals surface area contributed by atoms with E-state index in [9.17, 15) is 9.18 Å². The Kier molecular flexibility index (Phi) is 6.85. The number of piperazine rings is 1. The van der Waals surface area contributed by atoms with Crippen molar-refractivity contribution in [1.29, 1.82) is 0 Å². The molecule has 8 nitrogen and oxygen atoms in total. The number of carbonyl (C=O) groups is 1. The molecule has 9 heteroatoms. The second-order valence-electron chi connectivity index (χ2n) is 12.3. The van der Waals surface area contributed by atoms with Crippen molar-refractivity contribution in [3.8, 4) is 0 Å². The topological polar surface area (TPSA) is 85.4 Å². The van der Waals surface area contributed by atoms with Crippen LogP contribution in [-0.4, -0.2) is 60.0 Å². The molecule has 3 fully saturated rings. The summed E-state index contributed by atoms with van der Waals surface area (Å²) in [4.78, 5) is 26.7. The molecule has 4 aliphatic carbocycles. The van der Waals surface area contributed by atoms with Gasteiger partial charge < -0.3 is 25.8 Å². The number of carbonyl (C=O) groups excluding carboxylic acids is 1. The van der Waals surface area contributed by atoms with Crippen LogP contribution in [0.4, 0.5) is 27.5 Å². The maximum atomic E-state index is 14.9. The number of nitrogens with zero attached hydrogens (tertiary/aromatic N) is 4. The van der Waals surface area contributed by atoms with E-state index in [1.165, 1.54) is 17.4 Å². The molecule has 2 heterocycles. The van der Waals surface area contributed by atoms with E-state index >= 15 is 0 Å². The highest BCUT2D eigenvalue weighted by molar-refractivity contribution is 5.82. The van der Waals surface area contributed by atoms with Gasteiger partial charge in [0.15, 0.2) is 11.6 Å². The molecule has 1 saturated heterocycles. The van der Waals surface area contributed by atoms with Gasteiger partial charge in [-0.25, -0.2) is 9.37 Å². The summed E-state index contributed by atoms with van der Waals surface area (Å²) in [5.41, 5.74) is 4.38. The van der Waals surface area contributed by atoms with E-state index in [1.54, 1.807) is 0 Å². The Hall–Kier alpha value is -3.98. The summed E-state index contributed by atoms with van der Waals surface area (Å²) in [7, 11) is 2.16. The van der Waals surface area contributed by atoms with Crippen LogP contribution in [0.1, 0.15) is 24.1 Å². The molecule has 218 valence electrons. The van der Waals surface area contributed by atoms with Crippen molar-refractivity contribution in [2.45, 2.75) is 25.9 Å². The summed E-state index contributed by atoms with van der Waals surface area (Å²) in [6.45, 7) is 8.27. The van der Waals surface area contributed by atoms with Crippen molar-refractivity contribution in [2.24, 2.45) is 29.6 Å². The molecular weight excluding hydrogens is 529 g/mol. The summed E-state index contributed by atoms with van der Waals surface area (Å²) >= 11 is 0. The first-order valence-corrected chi connectivity index (χ1v) is 15.0. The summed E-state index contributed by atoms with van der Waals surface area (Å²) in [6, 6.07) is 16.3. The second-order valence-corrected chi connectivity index (χ2v) is 12.3. The molecule has 1 aliphatic heterocycles. The Balaban J connectivity index is 0.990. The van der Waals surface area contributed by atoms with Gasteiger partial charge in [0.25, 0.3) is 0 Å². The molecule has 4 bridgehead atoms. The van der Waals surface area contributed by atoms with Gasteiger partial charge in [-0.05, 0) is 68.0 Å². The highest BCUT2D eigenvalue weighted by Crippen LogP contribution is 2.66. The number of benzene rings is 2. The normalized spacial score (nSPS) is 28.3. The minimum absolute atomic E-state index is 0.0289. The average Bonchev–Trinajstić information content (AvgIpc) is 2.99. The van der Waals surface area contributed by atoms with Crippen LogP contribution in [0.25, 0.3) is 0 Å². The van der Waals surface area contributed by atoms with Crippen molar-refractivity contribution in [3.05, 3.63) is 83.8 Å². The van der Waals surface area contributed by atoms with Crippen LogP contribution in [0.15, 0.2) is 66.9 Å².